The molecule has 0 bridgehead atoms. The van der Waals surface area contributed by atoms with Gasteiger partial charge in [-0.15, -0.1) is 5.10 Å². The van der Waals surface area contributed by atoms with Gasteiger partial charge in [-0.25, -0.2) is 9.67 Å². The van der Waals surface area contributed by atoms with Crippen molar-refractivity contribution in [3.05, 3.63) is 63.2 Å². The molecule has 11 heteroatoms. The molecule has 2 aromatic heterocycles. The second-order valence-corrected chi connectivity index (χ2v) is 5.91. The van der Waals surface area contributed by atoms with Crippen molar-refractivity contribution >= 4 is 29.1 Å². The highest BCUT2D eigenvalue weighted by molar-refractivity contribution is 6.30. The number of nitrogens with one attached hydrogen (secondary N) is 1. The lowest BCUT2D eigenvalue weighted by Gasteiger charge is -2.03. The van der Waals surface area contributed by atoms with Gasteiger partial charge in [0.2, 0.25) is 11.9 Å². The van der Waals surface area contributed by atoms with Crippen molar-refractivity contribution in [3.63, 3.8) is 0 Å². The van der Waals surface area contributed by atoms with Crippen molar-refractivity contribution in [3.8, 4) is 0 Å². The second-order valence-electron chi connectivity index (χ2n) is 5.47. The first-order valence-electron chi connectivity index (χ1n) is 7.53. The highest BCUT2D eigenvalue weighted by Gasteiger charge is 2.18. The summed E-state index contributed by atoms with van der Waals surface area (Å²) in [5.41, 5.74) is 1.10. The predicted molar refractivity (Wildman–Crippen MR) is 92.8 cm³/mol. The van der Waals surface area contributed by atoms with E-state index in [-0.39, 0.29) is 18.2 Å². The summed E-state index contributed by atoms with van der Waals surface area (Å²) >= 11 is 5.94. The Morgan fingerprint density at radius 3 is 2.92 bits per heavy atom. The first-order valence-corrected chi connectivity index (χ1v) is 7.90. The van der Waals surface area contributed by atoms with Crippen LogP contribution in [0.15, 0.2) is 36.8 Å². The quantitative estimate of drug-likeness (QED) is 0.519. The predicted octanol–water partition coefficient (Wildman–Crippen LogP) is 2.03. The number of amides is 1. The molecule has 2 heterocycles. The topological polar surface area (TPSA) is 121 Å². The van der Waals surface area contributed by atoms with Crippen LogP contribution in [0.1, 0.15) is 11.3 Å². The Balaban J connectivity index is 1.62. The van der Waals surface area contributed by atoms with Crippen LogP contribution < -0.4 is 5.32 Å². The largest absolute Gasteiger partial charge is 0.309 e. The van der Waals surface area contributed by atoms with E-state index in [0.717, 1.165) is 11.8 Å². The van der Waals surface area contributed by atoms with Gasteiger partial charge < -0.3 is 0 Å². The zero-order valence-electron chi connectivity index (χ0n) is 13.7. The molecule has 134 valence electrons. The maximum atomic E-state index is 12.1. The molecule has 1 amide bonds. The van der Waals surface area contributed by atoms with Crippen molar-refractivity contribution in [2.24, 2.45) is 0 Å². The van der Waals surface area contributed by atoms with Crippen LogP contribution in [0.3, 0.4) is 0 Å². The molecule has 0 aliphatic rings. The maximum Gasteiger partial charge on any atom is 0.309 e. The molecular formula is C15H14ClN7O3. The smallest absolute Gasteiger partial charge is 0.292 e. The van der Waals surface area contributed by atoms with Crippen LogP contribution in [0.4, 0.5) is 11.6 Å². The third-order valence-corrected chi connectivity index (χ3v) is 3.82. The van der Waals surface area contributed by atoms with E-state index in [9.17, 15) is 14.9 Å². The van der Waals surface area contributed by atoms with Crippen molar-refractivity contribution in [2.45, 2.75) is 20.0 Å². The van der Waals surface area contributed by atoms with Crippen molar-refractivity contribution in [2.75, 3.05) is 5.32 Å². The molecule has 0 aliphatic heterocycles. The number of hydrogen-bond donors (Lipinski definition) is 1. The number of nitrogens with zero attached hydrogens (tertiary/aromatic N) is 6. The van der Waals surface area contributed by atoms with Crippen LogP contribution >= 0.6 is 11.6 Å². The van der Waals surface area contributed by atoms with Gasteiger partial charge in [0.05, 0.1) is 11.5 Å². The monoisotopic (exact) mass is 375 g/mol. The van der Waals surface area contributed by atoms with E-state index in [1.807, 2.05) is 18.2 Å². The van der Waals surface area contributed by atoms with Gasteiger partial charge >= 0.3 is 5.69 Å². The Kier molecular flexibility index (Phi) is 4.94. The van der Waals surface area contributed by atoms with Crippen molar-refractivity contribution in [1.29, 1.82) is 0 Å². The first kappa shape index (κ1) is 17.5. The molecule has 10 nitrogen and oxygen atoms in total. The molecule has 1 N–H and O–H groups in total. The number of carbonyl (C=O) groups is 1. The highest BCUT2D eigenvalue weighted by atomic mass is 35.5. The van der Waals surface area contributed by atoms with Gasteiger partial charge in [-0.05, 0) is 24.6 Å². The molecule has 3 aromatic rings. The van der Waals surface area contributed by atoms with E-state index in [0.29, 0.717) is 17.3 Å². The number of aromatic nitrogens is 5. The second kappa shape index (κ2) is 7.31. The van der Waals surface area contributed by atoms with E-state index in [1.54, 1.807) is 10.7 Å². The molecular weight excluding hydrogens is 362 g/mol. The summed E-state index contributed by atoms with van der Waals surface area (Å²) in [7, 11) is 0. The molecule has 0 unspecified atom stereocenters. The molecule has 0 fully saturated rings. The Hall–Kier alpha value is -3.27. The summed E-state index contributed by atoms with van der Waals surface area (Å²) in [6.45, 7) is 1.80. The minimum Gasteiger partial charge on any atom is -0.292 e. The maximum absolute atomic E-state index is 12.1. The molecule has 0 saturated heterocycles. The van der Waals surface area contributed by atoms with E-state index in [2.05, 4.69) is 20.5 Å². The van der Waals surface area contributed by atoms with E-state index < -0.39 is 10.8 Å². The van der Waals surface area contributed by atoms with Gasteiger partial charge in [0.25, 0.3) is 0 Å². The molecule has 3 rings (SSSR count). The number of anilines is 1. The summed E-state index contributed by atoms with van der Waals surface area (Å²) in [5, 5.41) is 22.0. The van der Waals surface area contributed by atoms with Crippen LogP contribution in [-0.2, 0) is 17.9 Å². The van der Waals surface area contributed by atoms with E-state index in [4.69, 9.17) is 11.6 Å². The molecule has 0 atom stereocenters. The normalized spacial score (nSPS) is 10.7. The standard InChI is InChI=1S/C15H14ClN7O3/c1-10-13(23(25)26)6-18-22(10)8-14(24)19-15-17-9-21(20-15)7-11-3-2-4-12(16)5-11/h2-6,9H,7-8H2,1H3,(H,19,20,24). The molecule has 26 heavy (non-hydrogen) atoms. The Morgan fingerprint density at radius 2 is 2.23 bits per heavy atom. The lowest BCUT2D eigenvalue weighted by atomic mass is 10.2. The van der Waals surface area contributed by atoms with E-state index >= 15 is 0 Å². The number of carbonyl (C=O) groups excluding carboxylic acids is 1. The average molecular weight is 376 g/mol. The van der Waals surface area contributed by atoms with Gasteiger partial charge in [-0.2, -0.15) is 5.10 Å². The van der Waals surface area contributed by atoms with Gasteiger partial charge in [0, 0.05) is 5.02 Å². The lowest BCUT2D eigenvalue weighted by Crippen LogP contribution is -2.21. The zero-order chi connectivity index (χ0) is 18.7. The summed E-state index contributed by atoms with van der Waals surface area (Å²) in [5.74, 6) is -0.303. The number of hydrogen-bond acceptors (Lipinski definition) is 6. The lowest BCUT2D eigenvalue weighted by molar-refractivity contribution is -0.385. The summed E-state index contributed by atoms with van der Waals surface area (Å²) in [4.78, 5) is 26.4. The summed E-state index contributed by atoms with van der Waals surface area (Å²) < 4.78 is 2.81. The fraction of sp³-hybridized carbons (Fsp3) is 0.200. The highest BCUT2D eigenvalue weighted by Crippen LogP contribution is 2.16. The molecule has 0 aliphatic carbocycles. The van der Waals surface area contributed by atoms with Gasteiger partial charge in [-0.3, -0.25) is 24.9 Å². The molecule has 0 saturated carbocycles. The van der Waals surface area contributed by atoms with E-state index in [1.165, 1.54) is 17.9 Å². The van der Waals surface area contributed by atoms with Crippen LogP contribution in [0.5, 0.6) is 0 Å². The fourth-order valence-corrected chi connectivity index (χ4v) is 2.54. The summed E-state index contributed by atoms with van der Waals surface area (Å²) in [6, 6.07) is 7.33. The minimum atomic E-state index is -0.546. The van der Waals surface area contributed by atoms with Crippen LogP contribution in [0.25, 0.3) is 0 Å². The first-order chi connectivity index (χ1) is 12.4. The van der Waals surface area contributed by atoms with Gasteiger partial charge in [-0.1, -0.05) is 23.7 Å². The van der Waals surface area contributed by atoms with Crippen LogP contribution in [0, 0.1) is 17.0 Å². The average Bonchev–Trinajstić information content (AvgIpc) is 3.15. The van der Waals surface area contributed by atoms with Gasteiger partial charge in [0.15, 0.2) is 0 Å². The summed E-state index contributed by atoms with van der Waals surface area (Å²) in [6.07, 6.45) is 2.60. The van der Waals surface area contributed by atoms with Gasteiger partial charge in [0.1, 0.15) is 24.8 Å². The number of rotatable bonds is 6. The Bertz CT molecular complexity index is 966. The fourth-order valence-electron chi connectivity index (χ4n) is 2.33. The minimum absolute atomic E-state index is 0.135. The SMILES string of the molecule is Cc1c([N+](=O)[O-])cnn1CC(=O)Nc1ncn(Cc2cccc(Cl)c2)n1. The number of nitro groups is 1. The van der Waals surface area contributed by atoms with Crippen molar-refractivity contribution in [1.82, 2.24) is 24.5 Å². The van der Waals surface area contributed by atoms with Crippen LogP contribution in [-0.4, -0.2) is 35.4 Å². The Morgan fingerprint density at radius 1 is 1.42 bits per heavy atom. The molecule has 1 aromatic carbocycles. The molecule has 0 spiro atoms. The third kappa shape index (κ3) is 4.03. The van der Waals surface area contributed by atoms with Crippen LogP contribution in [0.2, 0.25) is 5.02 Å². The third-order valence-electron chi connectivity index (χ3n) is 3.59. The Labute approximate surface area is 152 Å². The zero-order valence-corrected chi connectivity index (χ0v) is 14.4. The number of benzene rings is 1. The van der Waals surface area contributed by atoms with Crippen molar-refractivity contribution < 1.29 is 9.72 Å². The molecule has 0 radical (unpaired) electrons. The number of halogens is 1.